The maximum atomic E-state index is 12.4. The smallest absolute Gasteiger partial charge is 0.251 e. The molecule has 0 bridgehead atoms. The van der Waals surface area contributed by atoms with E-state index in [9.17, 15) is 9.59 Å². The van der Waals surface area contributed by atoms with Crippen LogP contribution in [0.5, 0.6) is 0 Å². The summed E-state index contributed by atoms with van der Waals surface area (Å²) in [6, 6.07) is 17.7. The highest BCUT2D eigenvalue weighted by atomic mass is 16.2. The van der Waals surface area contributed by atoms with Gasteiger partial charge in [-0.1, -0.05) is 62.4 Å². The number of nitrogens with one attached hydrogen (secondary N) is 2. The first-order chi connectivity index (χ1) is 11.6. The van der Waals surface area contributed by atoms with Crippen molar-refractivity contribution in [2.75, 3.05) is 13.1 Å². The third kappa shape index (κ3) is 5.23. The summed E-state index contributed by atoms with van der Waals surface area (Å²) in [4.78, 5) is 23.9. The van der Waals surface area contributed by atoms with Gasteiger partial charge < -0.3 is 10.6 Å². The van der Waals surface area contributed by atoms with Crippen molar-refractivity contribution in [2.45, 2.75) is 20.3 Å². The molecule has 0 unspecified atom stereocenters. The predicted octanol–water partition coefficient (Wildman–Crippen LogP) is 2.78. The Morgan fingerprint density at radius 1 is 0.875 bits per heavy atom. The zero-order chi connectivity index (χ0) is 17.4. The van der Waals surface area contributed by atoms with Gasteiger partial charge in [0.25, 0.3) is 5.91 Å². The van der Waals surface area contributed by atoms with Crippen LogP contribution in [0.15, 0.2) is 54.6 Å². The Morgan fingerprint density at radius 3 is 2.21 bits per heavy atom. The highest BCUT2D eigenvalue weighted by Crippen LogP contribution is 2.14. The molecule has 0 aliphatic heterocycles. The lowest BCUT2D eigenvalue weighted by atomic mass is 9.99. The number of amides is 2. The van der Waals surface area contributed by atoms with Crippen LogP contribution in [0.3, 0.4) is 0 Å². The minimum atomic E-state index is -0.111. The highest BCUT2D eigenvalue weighted by molar-refractivity contribution is 5.95. The number of carbonyl (C=O) groups is 2. The zero-order valence-electron chi connectivity index (χ0n) is 14.2. The quantitative estimate of drug-likeness (QED) is 0.770. The number of hydrogen-bond donors (Lipinski definition) is 2. The molecule has 0 spiro atoms. The van der Waals surface area contributed by atoms with Crippen LogP contribution in [0.2, 0.25) is 0 Å². The van der Waals surface area contributed by atoms with E-state index in [2.05, 4.69) is 22.8 Å². The van der Waals surface area contributed by atoms with Gasteiger partial charge >= 0.3 is 0 Å². The van der Waals surface area contributed by atoms with Crippen molar-refractivity contribution in [3.8, 4) is 0 Å². The van der Waals surface area contributed by atoms with Crippen LogP contribution >= 0.6 is 0 Å². The Labute approximate surface area is 143 Å². The molecule has 24 heavy (non-hydrogen) atoms. The summed E-state index contributed by atoms with van der Waals surface area (Å²) in [5, 5.41) is 5.66. The Hall–Kier alpha value is -2.62. The van der Waals surface area contributed by atoms with Crippen LogP contribution < -0.4 is 10.6 Å². The van der Waals surface area contributed by atoms with Gasteiger partial charge in [-0.3, -0.25) is 9.59 Å². The van der Waals surface area contributed by atoms with E-state index in [1.54, 1.807) is 0 Å². The van der Waals surface area contributed by atoms with Crippen molar-refractivity contribution < 1.29 is 9.59 Å². The average molecular weight is 324 g/mol. The first-order valence-electron chi connectivity index (χ1n) is 8.25. The van der Waals surface area contributed by atoms with E-state index >= 15 is 0 Å². The molecule has 0 aliphatic rings. The summed E-state index contributed by atoms with van der Waals surface area (Å²) in [6.07, 6.45) is 0.717. The molecule has 0 radical (unpaired) electrons. The number of rotatable bonds is 7. The summed E-state index contributed by atoms with van der Waals surface area (Å²) in [7, 11) is 0. The molecular formula is C20H24N2O2. The van der Waals surface area contributed by atoms with E-state index in [4.69, 9.17) is 0 Å². The molecule has 0 fully saturated rings. The van der Waals surface area contributed by atoms with Crippen LogP contribution in [0.25, 0.3) is 0 Å². The molecule has 2 N–H and O–H groups in total. The summed E-state index contributed by atoms with van der Waals surface area (Å²) >= 11 is 0. The van der Waals surface area contributed by atoms with Crippen LogP contribution in [0.1, 0.15) is 35.3 Å². The Balaban J connectivity index is 1.93. The van der Waals surface area contributed by atoms with Gasteiger partial charge in [0.05, 0.1) is 0 Å². The van der Waals surface area contributed by atoms with E-state index in [0.717, 1.165) is 5.56 Å². The average Bonchev–Trinajstić information content (AvgIpc) is 2.59. The van der Waals surface area contributed by atoms with E-state index in [-0.39, 0.29) is 17.7 Å². The number of benzene rings is 2. The molecule has 126 valence electrons. The van der Waals surface area contributed by atoms with Crippen molar-refractivity contribution in [2.24, 2.45) is 5.92 Å². The fraction of sp³-hybridized carbons (Fsp3) is 0.300. The Bertz CT molecular complexity index is 681. The summed E-state index contributed by atoms with van der Waals surface area (Å²) in [6.45, 7) is 4.53. The second kappa shape index (κ2) is 8.87. The minimum absolute atomic E-state index is 0.00581. The van der Waals surface area contributed by atoms with Gasteiger partial charge in [-0.2, -0.15) is 0 Å². The molecular weight excluding hydrogens is 300 g/mol. The second-order valence-electron chi connectivity index (χ2n) is 6.02. The molecule has 0 aromatic heterocycles. The van der Waals surface area contributed by atoms with Gasteiger partial charge in [0.15, 0.2) is 0 Å². The fourth-order valence-corrected chi connectivity index (χ4v) is 2.37. The Kier molecular flexibility index (Phi) is 6.55. The van der Waals surface area contributed by atoms with Gasteiger partial charge in [-0.25, -0.2) is 0 Å². The number of carbonyl (C=O) groups excluding carboxylic acids is 2. The van der Waals surface area contributed by atoms with Crippen LogP contribution in [0, 0.1) is 5.92 Å². The second-order valence-corrected chi connectivity index (χ2v) is 6.02. The third-order valence-corrected chi connectivity index (χ3v) is 3.73. The topological polar surface area (TPSA) is 58.2 Å². The lowest BCUT2D eigenvalue weighted by Crippen LogP contribution is -2.36. The third-order valence-electron chi connectivity index (χ3n) is 3.73. The molecule has 2 aromatic carbocycles. The Morgan fingerprint density at radius 2 is 1.50 bits per heavy atom. The summed E-state index contributed by atoms with van der Waals surface area (Å²) in [5.74, 6) is -0.165. The molecule has 4 nitrogen and oxygen atoms in total. The van der Waals surface area contributed by atoms with Crippen molar-refractivity contribution in [3.05, 3.63) is 71.3 Å². The monoisotopic (exact) mass is 324 g/mol. The first-order valence-corrected chi connectivity index (χ1v) is 8.25. The van der Waals surface area contributed by atoms with Crippen molar-refractivity contribution in [3.63, 3.8) is 0 Å². The SMILES string of the molecule is CC(C)C(=O)NCCNC(=O)c1ccccc1Cc1ccccc1. The van der Waals surface area contributed by atoms with Crippen molar-refractivity contribution in [1.82, 2.24) is 10.6 Å². The lowest BCUT2D eigenvalue weighted by molar-refractivity contribution is -0.123. The normalized spacial score (nSPS) is 10.5. The molecule has 2 aromatic rings. The summed E-state index contributed by atoms with van der Waals surface area (Å²) < 4.78 is 0. The van der Waals surface area contributed by atoms with E-state index in [1.807, 2.05) is 56.3 Å². The van der Waals surface area contributed by atoms with Gasteiger partial charge in [0.1, 0.15) is 0 Å². The van der Waals surface area contributed by atoms with Crippen LogP contribution in [0.4, 0.5) is 0 Å². The standard InChI is InChI=1S/C20H24N2O2/c1-15(2)19(23)21-12-13-22-20(24)18-11-7-6-10-17(18)14-16-8-4-3-5-9-16/h3-11,15H,12-14H2,1-2H3,(H,21,23)(H,22,24). The highest BCUT2D eigenvalue weighted by Gasteiger charge is 2.11. The summed E-state index contributed by atoms with van der Waals surface area (Å²) in [5.41, 5.74) is 2.84. The van der Waals surface area contributed by atoms with E-state index in [0.29, 0.717) is 25.1 Å². The fourth-order valence-electron chi connectivity index (χ4n) is 2.37. The van der Waals surface area contributed by atoms with E-state index < -0.39 is 0 Å². The van der Waals surface area contributed by atoms with Gasteiger partial charge in [0.2, 0.25) is 5.91 Å². The van der Waals surface area contributed by atoms with Gasteiger partial charge in [-0.15, -0.1) is 0 Å². The molecule has 0 saturated carbocycles. The minimum Gasteiger partial charge on any atom is -0.354 e. The first kappa shape index (κ1) is 17.7. The maximum absolute atomic E-state index is 12.4. The van der Waals surface area contributed by atoms with E-state index in [1.165, 1.54) is 5.56 Å². The van der Waals surface area contributed by atoms with Gasteiger partial charge in [-0.05, 0) is 23.6 Å². The molecule has 2 rings (SSSR count). The van der Waals surface area contributed by atoms with Crippen LogP contribution in [-0.2, 0) is 11.2 Å². The molecule has 0 heterocycles. The lowest BCUT2D eigenvalue weighted by Gasteiger charge is -2.11. The predicted molar refractivity (Wildman–Crippen MR) is 95.9 cm³/mol. The molecule has 2 amide bonds. The zero-order valence-corrected chi connectivity index (χ0v) is 14.2. The molecule has 0 atom stereocenters. The van der Waals surface area contributed by atoms with Crippen LogP contribution in [-0.4, -0.2) is 24.9 Å². The van der Waals surface area contributed by atoms with Crippen molar-refractivity contribution >= 4 is 11.8 Å². The molecule has 0 aliphatic carbocycles. The molecule has 0 saturated heterocycles. The number of hydrogen-bond acceptors (Lipinski definition) is 2. The van der Waals surface area contributed by atoms with Gasteiger partial charge in [0, 0.05) is 24.6 Å². The molecule has 4 heteroatoms. The maximum Gasteiger partial charge on any atom is 0.251 e. The largest absolute Gasteiger partial charge is 0.354 e. The van der Waals surface area contributed by atoms with Crippen molar-refractivity contribution in [1.29, 1.82) is 0 Å².